The Kier molecular flexibility index (Phi) is 8.01. The molecule has 0 saturated heterocycles. The summed E-state index contributed by atoms with van der Waals surface area (Å²) in [7, 11) is 1.62. The van der Waals surface area contributed by atoms with E-state index >= 15 is 0 Å². The highest BCUT2D eigenvalue weighted by molar-refractivity contribution is 7.99. The number of rotatable bonds is 10. The van der Waals surface area contributed by atoms with Gasteiger partial charge in [-0.15, -0.1) is 10.2 Å². The molecule has 1 aromatic heterocycles. The lowest BCUT2D eigenvalue weighted by atomic mass is 10.0. The molecule has 0 aliphatic heterocycles. The molecule has 190 valence electrons. The van der Waals surface area contributed by atoms with E-state index in [9.17, 15) is 4.79 Å². The second-order valence-electron chi connectivity index (χ2n) is 8.28. The largest absolute Gasteiger partial charge is 0.497 e. The Morgan fingerprint density at radius 2 is 1.47 bits per heavy atom. The summed E-state index contributed by atoms with van der Waals surface area (Å²) >= 11 is 1.32. The number of benzene rings is 4. The van der Waals surface area contributed by atoms with Gasteiger partial charge in [0.2, 0.25) is 5.91 Å². The summed E-state index contributed by atoms with van der Waals surface area (Å²) in [6.07, 6.45) is 0. The van der Waals surface area contributed by atoms with Gasteiger partial charge < -0.3 is 14.8 Å². The van der Waals surface area contributed by atoms with Crippen molar-refractivity contribution in [3.8, 4) is 28.3 Å². The van der Waals surface area contributed by atoms with Crippen LogP contribution >= 0.6 is 11.8 Å². The number of aromatic nitrogens is 3. The molecule has 0 aliphatic rings. The second kappa shape index (κ2) is 12.1. The normalized spacial score (nSPS) is 10.7. The second-order valence-corrected chi connectivity index (χ2v) is 9.22. The van der Waals surface area contributed by atoms with Crippen molar-refractivity contribution in [1.82, 2.24) is 14.8 Å². The molecule has 1 heterocycles. The van der Waals surface area contributed by atoms with Gasteiger partial charge in [-0.2, -0.15) is 0 Å². The molecule has 0 atom stereocenters. The van der Waals surface area contributed by atoms with Gasteiger partial charge in [0, 0.05) is 16.9 Å². The Hall–Kier alpha value is -4.56. The van der Waals surface area contributed by atoms with Crippen molar-refractivity contribution in [2.45, 2.75) is 11.8 Å². The fraction of sp³-hybridized carbons (Fsp3) is 0.100. The van der Waals surface area contributed by atoms with Crippen LogP contribution in [0.2, 0.25) is 0 Å². The Morgan fingerprint density at radius 1 is 0.816 bits per heavy atom. The van der Waals surface area contributed by atoms with E-state index in [1.807, 2.05) is 114 Å². The number of carbonyl (C=O) groups is 1. The summed E-state index contributed by atoms with van der Waals surface area (Å²) in [4.78, 5) is 13.0. The monoisotopic (exact) mass is 522 g/mol. The lowest BCUT2D eigenvalue weighted by Crippen LogP contribution is -2.15. The van der Waals surface area contributed by atoms with Crippen LogP contribution in [0, 0.1) is 0 Å². The van der Waals surface area contributed by atoms with Gasteiger partial charge in [0.05, 0.1) is 12.9 Å². The number of hydrogen-bond acceptors (Lipinski definition) is 6. The van der Waals surface area contributed by atoms with Gasteiger partial charge in [-0.1, -0.05) is 78.5 Å². The number of ether oxygens (including phenoxy) is 2. The molecule has 1 N–H and O–H groups in total. The number of para-hydroxylation sites is 2. The Bertz CT molecular complexity index is 1490. The maximum atomic E-state index is 13.0. The highest BCUT2D eigenvalue weighted by Crippen LogP contribution is 2.28. The van der Waals surface area contributed by atoms with Crippen LogP contribution in [-0.2, 0) is 11.4 Å². The summed E-state index contributed by atoms with van der Waals surface area (Å²) in [5.41, 5.74) is 3.67. The zero-order valence-electron chi connectivity index (χ0n) is 20.8. The molecule has 8 heteroatoms. The number of nitrogens with one attached hydrogen (secondary N) is 1. The van der Waals surface area contributed by atoms with Crippen molar-refractivity contribution in [3.63, 3.8) is 0 Å². The third kappa shape index (κ3) is 6.04. The predicted molar refractivity (Wildman–Crippen MR) is 150 cm³/mol. The molecule has 5 aromatic rings. The Morgan fingerprint density at radius 3 is 2.21 bits per heavy atom. The smallest absolute Gasteiger partial charge is 0.234 e. The van der Waals surface area contributed by atoms with Gasteiger partial charge in [-0.25, -0.2) is 0 Å². The molecule has 0 spiro atoms. The van der Waals surface area contributed by atoms with Crippen LogP contribution in [0.3, 0.4) is 0 Å². The lowest BCUT2D eigenvalue weighted by Gasteiger charge is -2.12. The van der Waals surface area contributed by atoms with Crippen LogP contribution in [0.4, 0.5) is 5.69 Å². The number of nitrogens with zero attached hydrogens (tertiary/aromatic N) is 3. The highest BCUT2D eigenvalue weighted by atomic mass is 32.2. The highest BCUT2D eigenvalue weighted by Gasteiger charge is 2.17. The van der Waals surface area contributed by atoms with Gasteiger partial charge in [0.25, 0.3) is 0 Å². The van der Waals surface area contributed by atoms with Crippen LogP contribution in [0.5, 0.6) is 11.5 Å². The lowest BCUT2D eigenvalue weighted by molar-refractivity contribution is -0.113. The fourth-order valence-electron chi connectivity index (χ4n) is 3.92. The third-order valence-corrected chi connectivity index (χ3v) is 6.69. The van der Waals surface area contributed by atoms with Crippen LogP contribution in [-0.4, -0.2) is 33.5 Å². The maximum absolute atomic E-state index is 13.0. The van der Waals surface area contributed by atoms with E-state index < -0.39 is 0 Å². The van der Waals surface area contributed by atoms with E-state index in [4.69, 9.17) is 9.47 Å². The van der Waals surface area contributed by atoms with Crippen LogP contribution in [0.25, 0.3) is 16.8 Å². The van der Waals surface area contributed by atoms with E-state index in [2.05, 4.69) is 15.5 Å². The number of anilines is 1. The molecule has 38 heavy (non-hydrogen) atoms. The number of amides is 1. The van der Waals surface area contributed by atoms with Crippen molar-refractivity contribution in [2.24, 2.45) is 0 Å². The third-order valence-electron chi connectivity index (χ3n) is 5.76. The quantitative estimate of drug-likeness (QED) is 0.218. The van der Waals surface area contributed by atoms with Crippen molar-refractivity contribution >= 4 is 23.4 Å². The summed E-state index contributed by atoms with van der Waals surface area (Å²) < 4.78 is 13.1. The van der Waals surface area contributed by atoms with Gasteiger partial charge in [0.15, 0.2) is 11.0 Å². The summed E-state index contributed by atoms with van der Waals surface area (Å²) in [6, 6.07) is 34.9. The van der Waals surface area contributed by atoms with Gasteiger partial charge in [-0.3, -0.25) is 9.36 Å². The minimum atomic E-state index is -0.128. The molecule has 0 aliphatic carbocycles. The summed E-state index contributed by atoms with van der Waals surface area (Å²) in [5.74, 6) is 2.13. The molecule has 0 fully saturated rings. The first kappa shape index (κ1) is 25.1. The first-order valence-corrected chi connectivity index (χ1v) is 13.0. The average Bonchev–Trinajstić information content (AvgIpc) is 3.39. The van der Waals surface area contributed by atoms with Crippen LogP contribution < -0.4 is 14.8 Å². The molecule has 0 radical (unpaired) electrons. The zero-order chi connectivity index (χ0) is 26.2. The van der Waals surface area contributed by atoms with E-state index in [0.29, 0.717) is 16.7 Å². The number of methoxy groups -OCH3 is 1. The molecule has 0 bridgehead atoms. The first-order chi connectivity index (χ1) is 18.7. The van der Waals surface area contributed by atoms with Gasteiger partial charge in [-0.05, 0) is 48.0 Å². The SMILES string of the molecule is COc1ccc(OCc2nnc(SCC(=O)Nc3ccccc3-c3ccccc3)n2-c2ccccc2)cc1. The molecule has 0 unspecified atom stereocenters. The molecule has 0 saturated carbocycles. The van der Waals surface area contributed by atoms with Crippen LogP contribution in [0.15, 0.2) is 114 Å². The summed E-state index contributed by atoms with van der Waals surface area (Å²) in [6.45, 7) is 0.214. The molecule has 5 rings (SSSR count). The minimum Gasteiger partial charge on any atom is -0.497 e. The number of hydrogen-bond donors (Lipinski definition) is 1. The molecular weight excluding hydrogens is 496 g/mol. The van der Waals surface area contributed by atoms with E-state index in [1.165, 1.54) is 11.8 Å². The molecular formula is C30H26N4O3S. The number of carbonyl (C=O) groups excluding carboxylic acids is 1. The topological polar surface area (TPSA) is 78.3 Å². The van der Waals surface area contributed by atoms with E-state index in [1.54, 1.807) is 7.11 Å². The maximum Gasteiger partial charge on any atom is 0.234 e. The molecule has 7 nitrogen and oxygen atoms in total. The van der Waals surface area contributed by atoms with Gasteiger partial charge in [0.1, 0.15) is 18.1 Å². The Balaban J connectivity index is 1.30. The Labute approximate surface area is 225 Å². The standard InChI is InChI=1S/C30H26N4O3S/c1-36-24-16-18-25(19-17-24)37-20-28-32-33-30(34(28)23-12-6-3-7-13-23)38-21-29(35)31-27-15-9-8-14-26(27)22-10-4-2-5-11-22/h2-19H,20-21H2,1H3,(H,31,35). The molecule has 1 amide bonds. The number of thioether (sulfide) groups is 1. The van der Waals surface area contributed by atoms with Crippen molar-refractivity contribution in [3.05, 3.63) is 115 Å². The minimum absolute atomic E-state index is 0.128. The van der Waals surface area contributed by atoms with Crippen molar-refractivity contribution < 1.29 is 14.3 Å². The van der Waals surface area contributed by atoms with Crippen LogP contribution in [0.1, 0.15) is 5.82 Å². The fourth-order valence-corrected chi connectivity index (χ4v) is 4.69. The van der Waals surface area contributed by atoms with Crippen molar-refractivity contribution in [1.29, 1.82) is 0 Å². The van der Waals surface area contributed by atoms with E-state index in [0.717, 1.165) is 28.3 Å². The van der Waals surface area contributed by atoms with Gasteiger partial charge >= 0.3 is 0 Å². The van der Waals surface area contributed by atoms with E-state index in [-0.39, 0.29) is 18.3 Å². The molecule has 4 aromatic carbocycles. The zero-order valence-corrected chi connectivity index (χ0v) is 21.6. The average molecular weight is 523 g/mol. The predicted octanol–water partition coefficient (Wildman–Crippen LogP) is 6.25. The first-order valence-electron chi connectivity index (χ1n) is 12.0. The van der Waals surface area contributed by atoms with Crippen molar-refractivity contribution in [2.75, 3.05) is 18.2 Å². The summed E-state index contributed by atoms with van der Waals surface area (Å²) in [5, 5.41) is 12.4.